The number of likely N-dealkylation sites (N-methyl/N-ethyl adjacent to an activating group) is 1. The molecule has 0 aromatic carbocycles. The number of carbonyl (C=O) groups excluding carboxylic acids is 1. The van der Waals surface area contributed by atoms with Gasteiger partial charge in [0.15, 0.2) is 9.84 Å². The van der Waals surface area contributed by atoms with Gasteiger partial charge in [-0.2, -0.15) is 0 Å². The highest BCUT2D eigenvalue weighted by atomic mass is 32.2. The van der Waals surface area contributed by atoms with Gasteiger partial charge in [-0.1, -0.05) is 25.7 Å². The van der Waals surface area contributed by atoms with Gasteiger partial charge in [0.25, 0.3) is 0 Å². The van der Waals surface area contributed by atoms with Gasteiger partial charge in [-0.15, -0.1) is 0 Å². The van der Waals surface area contributed by atoms with Gasteiger partial charge in [0.1, 0.15) is 0 Å². The number of sulfone groups is 1. The predicted octanol–water partition coefficient (Wildman–Crippen LogP) is 0.944. The van der Waals surface area contributed by atoms with Crippen LogP contribution in [0.5, 0.6) is 0 Å². The van der Waals surface area contributed by atoms with Crippen molar-refractivity contribution in [2.45, 2.75) is 57.0 Å². The van der Waals surface area contributed by atoms with Crippen LogP contribution in [0, 0.1) is 0 Å². The van der Waals surface area contributed by atoms with Crippen molar-refractivity contribution in [3.8, 4) is 0 Å². The molecule has 1 amide bonds. The lowest BCUT2D eigenvalue weighted by molar-refractivity contribution is -0.123. The predicted molar refractivity (Wildman–Crippen MR) is 79.3 cm³/mol. The summed E-state index contributed by atoms with van der Waals surface area (Å²) in [7, 11) is -1.04. The molecule has 1 aliphatic heterocycles. The summed E-state index contributed by atoms with van der Waals surface area (Å²) in [5, 5.41) is 3.10. The SMILES string of the molecule is CN(CC(=O)NC1CCCCCC1)[C@H]1CCS(=O)(=O)C1. The third-order valence-electron chi connectivity index (χ3n) is 4.45. The molecule has 0 aromatic heterocycles. The minimum Gasteiger partial charge on any atom is -0.352 e. The van der Waals surface area contributed by atoms with Crippen molar-refractivity contribution in [3.05, 3.63) is 0 Å². The van der Waals surface area contributed by atoms with Crippen molar-refractivity contribution in [1.82, 2.24) is 10.2 Å². The molecule has 0 unspecified atom stereocenters. The number of nitrogens with zero attached hydrogens (tertiary/aromatic N) is 1. The molecule has 1 saturated carbocycles. The van der Waals surface area contributed by atoms with Gasteiger partial charge in [-0.05, 0) is 26.3 Å². The van der Waals surface area contributed by atoms with E-state index < -0.39 is 9.84 Å². The van der Waals surface area contributed by atoms with Gasteiger partial charge in [-0.25, -0.2) is 8.42 Å². The van der Waals surface area contributed by atoms with Gasteiger partial charge in [0, 0.05) is 12.1 Å². The third kappa shape index (κ3) is 4.74. The van der Waals surface area contributed by atoms with Crippen LogP contribution in [-0.2, 0) is 14.6 Å². The maximum absolute atomic E-state index is 12.0. The van der Waals surface area contributed by atoms with E-state index in [2.05, 4.69) is 5.32 Å². The monoisotopic (exact) mass is 302 g/mol. The molecule has 1 atom stereocenters. The zero-order valence-electron chi connectivity index (χ0n) is 12.3. The molecule has 1 heterocycles. The summed E-state index contributed by atoms with van der Waals surface area (Å²) in [5.41, 5.74) is 0. The van der Waals surface area contributed by atoms with Gasteiger partial charge < -0.3 is 5.32 Å². The van der Waals surface area contributed by atoms with Crippen LogP contribution in [0.3, 0.4) is 0 Å². The van der Waals surface area contributed by atoms with Crippen LogP contribution in [0.1, 0.15) is 44.9 Å². The molecule has 6 heteroatoms. The Morgan fingerprint density at radius 1 is 1.15 bits per heavy atom. The van der Waals surface area contributed by atoms with Crippen molar-refractivity contribution < 1.29 is 13.2 Å². The van der Waals surface area contributed by atoms with Gasteiger partial charge in [0.2, 0.25) is 5.91 Å². The molecule has 1 aliphatic carbocycles. The second-order valence-electron chi connectivity index (χ2n) is 6.23. The molecule has 2 fully saturated rings. The fraction of sp³-hybridized carbons (Fsp3) is 0.929. The van der Waals surface area contributed by atoms with E-state index in [0.717, 1.165) is 12.8 Å². The van der Waals surface area contributed by atoms with Crippen molar-refractivity contribution in [2.24, 2.45) is 0 Å². The summed E-state index contributed by atoms with van der Waals surface area (Å²) in [6.45, 7) is 0.302. The summed E-state index contributed by atoms with van der Waals surface area (Å²) >= 11 is 0. The Morgan fingerprint density at radius 3 is 2.35 bits per heavy atom. The van der Waals surface area contributed by atoms with E-state index in [0.29, 0.717) is 19.0 Å². The first-order valence-electron chi connectivity index (χ1n) is 7.66. The molecule has 5 nitrogen and oxygen atoms in total. The third-order valence-corrected chi connectivity index (χ3v) is 6.20. The Morgan fingerprint density at radius 2 is 1.80 bits per heavy atom. The number of amides is 1. The van der Waals surface area contributed by atoms with E-state index in [1.807, 2.05) is 11.9 Å². The van der Waals surface area contributed by atoms with Crippen LogP contribution in [0.15, 0.2) is 0 Å². The van der Waals surface area contributed by atoms with Crippen molar-refractivity contribution in [1.29, 1.82) is 0 Å². The quantitative estimate of drug-likeness (QED) is 0.785. The number of hydrogen-bond acceptors (Lipinski definition) is 4. The molecule has 20 heavy (non-hydrogen) atoms. The van der Waals surface area contributed by atoms with Gasteiger partial charge in [-0.3, -0.25) is 9.69 Å². The molecule has 2 rings (SSSR count). The number of nitrogens with one attached hydrogen (secondary N) is 1. The molecule has 1 saturated heterocycles. The first-order chi connectivity index (χ1) is 9.46. The molecule has 0 bridgehead atoms. The van der Waals surface area contributed by atoms with Crippen molar-refractivity contribution in [3.63, 3.8) is 0 Å². The van der Waals surface area contributed by atoms with Gasteiger partial charge >= 0.3 is 0 Å². The largest absolute Gasteiger partial charge is 0.352 e. The standard InChI is InChI=1S/C14H26N2O3S/c1-16(13-8-9-20(18,19)11-13)10-14(17)15-12-6-4-2-3-5-7-12/h12-13H,2-11H2,1H3,(H,15,17)/t13-/m0/s1. The Labute approximate surface area is 122 Å². The highest BCUT2D eigenvalue weighted by molar-refractivity contribution is 7.91. The number of carbonyl (C=O) groups is 1. The fourth-order valence-electron chi connectivity index (χ4n) is 3.18. The van der Waals surface area contributed by atoms with Gasteiger partial charge in [0.05, 0.1) is 18.1 Å². The van der Waals surface area contributed by atoms with Crippen LogP contribution >= 0.6 is 0 Å². The highest BCUT2D eigenvalue weighted by Crippen LogP contribution is 2.18. The van der Waals surface area contributed by atoms with E-state index in [4.69, 9.17) is 0 Å². The Bertz CT molecular complexity index is 428. The average molecular weight is 302 g/mol. The lowest BCUT2D eigenvalue weighted by Crippen LogP contribution is -2.44. The molecule has 0 aromatic rings. The van der Waals surface area contributed by atoms with Crippen molar-refractivity contribution in [2.75, 3.05) is 25.1 Å². The van der Waals surface area contributed by atoms with E-state index in [-0.39, 0.29) is 23.5 Å². The van der Waals surface area contributed by atoms with E-state index in [9.17, 15) is 13.2 Å². The Kier molecular flexibility index (Phi) is 5.43. The van der Waals surface area contributed by atoms with E-state index in [1.165, 1.54) is 25.7 Å². The maximum atomic E-state index is 12.0. The van der Waals surface area contributed by atoms with Crippen LogP contribution in [0.2, 0.25) is 0 Å². The molecule has 0 spiro atoms. The molecule has 0 radical (unpaired) electrons. The highest BCUT2D eigenvalue weighted by Gasteiger charge is 2.31. The first kappa shape index (κ1) is 15.8. The van der Waals surface area contributed by atoms with Crippen LogP contribution < -0.4 is 5.32 Å². The molecule has 1 N–H and O–H groups in total. The van der Waals surface area contributed by atoms with Crippen molar-refractivity contribution >= 4 is 15.7 Å². The summed E-state index contributed by atoms with van der Waals surface area (Å²) in [4.78, 5) is 13.9. The zero-order valence-corrected chi connectivity index (χ0v) is 13.1. The fourth-order valence-corrected chi connectivity index (χ4v) is 4.98. The number of hydrogen-bond donors (Lipinski definition) is 1. The molecule has 116 valence electrons. The normalized spacial score (nSPS) is 27.4. The molecule has 2 aliphatic rings. The lowest BCUT2D eigenvalue weighted by atomic mass is 10.1. The average Bonchev–Trinajstić information content (AvgIpc) is 2.59. The summed E-state index contributed by atoms with van der Waals surface area (Å²) in [6.07, 6.45) is 7.73. The lowest BCUT2D eigenvalue weighted by Gasteiger charge is -2.24. The smallest absolute Gasteiger partial charge is 0.234 e. The summed E-state index contributed by atoms with van der Waals surface area (Å²) < 4.78 is 22.9. The maximum Gasteiger partial charge on any atom is 0.234 e. The minimum absolute atomic E-state index is 0.000108. The van der Waals surface area contributed by atoms with Crippen LogP contribution in [0.25, 0.3) is 0 Å². The topological polar surface area (TPSA) is 66.5 Å². The minimum atomic E-state index is -2.88. The Balaban J connectivity index is 1.76. The first-order valence-corrected chi connectivity index (χ1v) is 9.48. The van der Waals surface area contributed by atoms with Crippen LogP contribution in [0.4, 0.5) is 0 Å². The summed E-state index contributed by atoms with van der Waals surface area (Å²) in [6, 6.07) is 0.311. The molecular weight excluding hydrogens is 276 g/mol. The second-order valence-corrected chi connectivity index (χ2v) is 8.46. The van der Waals surface area contributed by atoms with Crippen LogP contribution in [-0.4, -0.2) is 56.4 Å². The van der Waals surface area contributed by atoms with E-state index in [1.54, 1.807) is 0 Å². The second kappa shape index (κ2) is 6.89. The van der Waals surface area contributed by atoms with E-state index >= 15 is 0 Å². The molecular formula is C14H26N2O3S. The summed E-state index contributed by atoms with van der Waals surface area (Å²) in [5.74, 6) is 0.482. The Hall–Kier alpha value is -0.620. The number of rotatable bonds is 4. The zero-order chi connectivity index (χ0) is 14.6.